The number of pyridine rings is 1. The molecular formula is C10H13NOSi. The van der Waals surface area contributed by atoms with E-state index in [-0.39, 0.29) is 5.75 Å². The highest BCUT2D eigenvalue weighted by Crippen LogP contribution is 2.07. The topological polar surface area (TPSA) is 33.1 Å². The quantitative estimate of drug-likeness (QED) is 0.502. The van der Waals surface area contributed by atoms with Gasteiger partial charge in [-0.25, -0.2) is 0 Å². The van der Waals surface area contributed by atoms with Crippen molar-refractivity contribution in [2.45, 2.75) is 19.6 Å². The predicted molar refractivity (Wildman–Crippen MR) is 56.1 cm³/mol. The smallest absolute Gasteiger partial charge is 0.135 e. The van der Waals surface area contributed by atoms with Crippen molar-refractivity contribution >= 4 is 8.07 Å². The van der Waals surface area contributed by atoms with Crippen molar-refractivity contribution in [2.24, 2.45) is 0 Å². The van der Waals surface area contributed by atoms with Crippen molar-refractivity contribution in [1.82, 2.24) is 4.98 Å². The minimum atomic E-state index is -1.33. The summed E-state index contributed by atoms with van der Waals surface area (Å²) >= 11 is 0. The second-order valence-electron chi connectivity index (χ2n) is 3.93. The zero-order valence-corrected chi connectivity index (χ0v) is 9.13. The summed E-state index contributed by atoms with van der Waals surface area (Å²) in [6.45, 7) is 6.53. The van der Waals surface area contributed by atoms with Crippen LogP contribution in [0, 0.1) is 11.5 Å². The Morgan fingerprint density at radius 3 is 2.54 bits per heavy atom. The van der Waals surface area contributed by atoms with Crippen LogP contribution in [-0.4, -0.2) is 18.2 Å². The fourth-order valence-electron chi connectivity index (χ4n) is 0.756. The zero-order valence-electron chi connectivity index (χ0n) is 8.13. The van der Waals surface area contributed by atoms with Crippen LogP contribution in [0.25, 0.3) is 0 Å². The Hall–Kier alpha value is -1.27. The number of aromatic nitrogens is 1. The van der Waals surface area contributed by atoms with E-state index in [0.717, 1.165) is 5.56 Å². The van der Waals surface area contributed by atoms with Gasteiger partial charge in [-0.05, 0) is 6.07 Å². The van der Waals surface area contributed by atoms with Crippen LogP contribution in [0.5, 0.6) is 5.75 Å². The first-order valence-electron chi connectivity index (χ1n) is 4.14. The summed E-state index contributed by atoms with van der Waals surface area (Å²) in [7, 11) is -1.33. The van der Waals surface area contributed by atoms with Crippen LogP contribution in [0.1, 0.15) is 5.56 Å². The van der Waals surface area contributed by atoms with Crippen molar-refractivity contribution in [1.29, 1.82) is 0 Å². The molecule has 13 heavy (non-hydrogen) atoms. The average Bonchev–Trinajstić information content (AvgIpc) is 2.00. The molecule has 0 fully saturated rings. The lowest BCUT2D eigenvalue weighted by Crippen LogP contribution is -2.16. The van der Waals surface area contributed by atoms with Gasteiger partial charge in [-0.2, -0.15) is 0 Å². The molecule has 0 aromatic carbocycles. The molecule has 0 aliphatic heterocycles. The van der Waals surface area contributed by atoms with Gasteiger partial charge in [0.1, 0.15) is 13.8 Å². The van der Waals surface area contributed by atoms with E-state index in [2.05, 4.69) is 36.1 Å². The lowest BCUT2D eigenvalue weighted by atomic mass is 10.3. The highest BCUT2D eigenvalue weighted by molar-refractivity contribution is 6.83. The first-order valence-corrected chi connectivity index (χ1v) is 7.64. The van der Waals surface area contributed by atoms with Gasteiger partial charge in [-0.15, -0.1) is 5.54 Å². The van der Waals surface area contributed by atoms with Crippen LogP contribution in [0.4, 0.5) is 0 Å². The summed E-state index contributed by atoms with van der Waals surface area (Å²) in [6.07, 6.45) is 3.06. The summed E-state index contributed by atoms with van der Waals surface area (Å²) in [5.41, 5.74) is 3.98. The van der Waals surface area contributed by atoms with Gasteiger partial charge in [0.25, 0.3) is 0 Å². The lowest BCUT2D eigenvalue weighted by molar-refractivity contribution is 0.472. The van der Waals surface area contributed by atoms with Gasteiger partial charge in [-0.3, -0.25) is 4.98 Å². The Morgan fingerprint density at radius 2 is 2.00 bits per heavy atom. The molecule has 1 rings (SSSR count). The van der Waals surface area contributed by atoms with E-state index in [0.29, 0.717) is 0 Å². The van der Waals surface area contributed by atoms with E-state index in [1.54, 1.807) is 12.3 Å². The second kappa shape index (κ2) is 3.63. The molecule has 2 nitrogen and oxygen atoms in total. The molecule has 68 valence electrons. The molecular weight excluding hydrogens is 178 g/mol. The fraction of sp³-hybridized carbons (Fsp3) is 0.300. The van der Waals surface area contributed by atoms with Crippen LogP contribution < -0.4 is 0 Å². The highest BCUT2D eigenvalue weighted by Gasteiger charge is 2.07. The second-order valence-corrected chi connectivity index (χ2v) is 8.68. The number of aromatic hydroxyl groups is 1. The SMILES string of the molecule is C[Si](C)(C)C#Cc1cncc(O)c1. The number of hydrogen-bond acceptors (Lipinski definition) is 2. The molecule has 0 radical (unpaired) electrons. The van der Waals surface area contributed by atoms with Crippen LogP contribution in [0.3, 0.4) is 0 Å². The molecule has 1 N–H and O–H groups in total. The molecule has 1 heterocycles. The Labute approximate surface area is 79.7 Å². The van der Waals surface area contributed by atoms with E-state index in [1.165, 1.54) is 6.20 Å². The van der Waals surface area contributed by atoms with Crippen molar-refractivity contribution in [3.63, 3.8) is 0 Å². The van der Waals surface area contributed by atoms with E-state index in [1.807, 2.05) is 0 Å². The van der Waals surface area contributed by atoms with E-state index in [9.17, 15) is 0 Å². The Morgan fingerprint density at radius 1 is 1.31 bits per heavy atom. The van der Waals surface area contributed by atoms with Crippen molar-refractivity contribution in [2.75, 3.05) is 0 Å². The van der Waals surface area contributed by atoms with Gasteiger partial charge >= 0.3 is 0 Å². The summed E-state index contributed by atoms with van der Waals surface area (Å²) in [5.74, 6) is 3.18. The first kappa shape index (κ1) is 9.81. The average molecular weight is 191 g/mol. The minimum Gasteiger partial charge on any atom is -0.506 e. The number of nitrogens with zero attached hydrogens (tertiary/aromatic N) is 1. The van der Waals surface area contributed by atoms with Gasteiger partial charge in [-0.1, -0.05) is 25.6 Å². The van der Waals surface area contributed by atoms with Crippen LogP contribution >= 0.6 is 0 Å². The molecule has 0 amide bonds. The number of hydrogen-bond donors (Lipinski definition) is 1. The third kappa shape index (κ3) is 3.77. The van der Waals surface area contributed by atoms with Crippen molar-refractivity contribution in [3.05, 3.63) is 24.0 Å². The van der Waals surface area contributed by atoms with Crippen LogP contribution in [0.15, 0.2) is 18.5 Å². The molecule has 0 bridgehead atoms. The normalized spacial score (nSPS) is 10.4. The molecule has 0 spiro atoms. The molecule has 1 aromatic heterocycles. The molecule has 0 saturated heterocycles. The third-order valence-electron chi connectivity index (χ3n) is 1.31. The van der Waals surface area contributed by atoms with Gasteiger partial charge in [0.05, 0.1) is 6.20 Å². The standard InChI is InChI=1S/C10H13NOSi/c1-13(2,3)5-4-9-6-10(12)8-11-7-9/h6-8,12H,1-3H3. The maximum Gasteiger partial charge on any atom is 0.135 e. The third-order valence-corrected chi connectivity index (χ3v) is 2.18. The van der Waals surface area contributed by atoms with E-state index in [4.69, 9.17) is 5.11 Å². The minimum absolute atomic E-state index is 0.169. The maximum atomic E-state index is 9.12. The van der Waals surface area contributed by atoms with Gasteiger partial charge in [0.2, 0.25) is 0 Å². The molecule has 0 saturated carbocycles. The highest BCUT2D eigenvalue weighted by atomic mass is 28.3. The lowest BCUT2D eigenvalue weighted by Gasteiger charge is -2.03. The van der Waals surface area contributed by atoms with E-state index < -0.39 is 8.07 Å². The van der Waals surface area contributed by atoms with E-state index >= 15 is 0 Å². The maximum absolute atomic E-state index is 9.12. The van der Waals surface area contributed by atoms with Gasteiger partial charge < -0.3 is 5.11 Å². The van der Waals surface area contributed by atoms with Gasteiger partial charge in [0.15, 0.2) is 0 Å². The van der Waals surface area contributed by atoms with Crippen LogP contribution in [-0.2, 0) is 0 Å². The molecule has 0 aliphatic rings. The van der Waals surface area contributed by atoms with Crippen molar-refractivity contribution in [3.8, 4) is 17.2 Å². The summed E-state index contributed by atoms with van der Waals surface area (Å²) in [5, 5.41) is 9.12. The monoisotopic (exact) mass is 191 g/mol. The zero-order chi connectivity index (χ0) is 9.90. The molecule has 0 unspecified atom stereocenters. The molecule has 3 heteroatoms. The molecule has 0 atom stereocenters. The summed E-state index contributed by atoms with van der Waals surface area (Å²) in [4.78, 5) is 3.85. The number of rotatable bonds is 0. The van der Waals surface area contributed by atoms with Gasteiger partial charge in [0, 0.05) is 11.8 Å². The molecule has 0 aliphatic carbocycles. The predicted octanol–water partition coefficient (Wildman–Crippen LogP) is 2.02. The Balaban J connectivity index is 2.90. The first-order chi connectivity index (χ1) is 5.97. The Bertz CT molecular complexity index is 357. The van der Waals surface area contributed by atoms with Crippen LogP contribution in [0.2, 0.25) is 19.6 Å². The van der Waals surface area contributed by atoms with Crippen molar-refractivity contribution < 1.29 is 5.11 Å². The fourth-order valence-corrected chi connectivity index (χ4v) is 1.28. The molecule has 1 aromatic rings. The summed E-state index contributed by atoms with van der Waals surface area (Å²) < 4.78 is 0. The largest absolute Gasteiger partial charge is 0.506 e. The summed E-state index contributed by atoms with van der Waals surface area (Å²) in [6, 6.07) is 1.63. The Kier molecular flexibility index (Phi) is 2.74.